The smallest absolute Gasteiger partial charge is 0.354 e. The maximum atomic E-state index is 11.4. The van der Waals surface area contributed by atoms with E-state index in [2.05, 4.69) is 10.3 Å². The number of ether oxygens (including phenoxy) is 1. The van der Waals surface area contributed by atoms with Crippen LogP contribution in [-0.4, -0.2) is 42.5 Å². The second-order valence-corrected chi connectivity index (χ2v) is 5.87. The van der Waals surface area contributed by atoms with Crippen LogP contribution in [0.4, 0.5) is 0 Å². The van der Waals surface area contributed by atoms with Gasteiger partial charge in [-0.15, -0.1) is 0 Å². The van der Waals surface area contributed by atoms with Gasteiger partial charge in [0.05, 0.1) is 10.6 Å². The lowest BCUT2D eigenvalue weighted by atomic mass is 9.98. The van der Waals surface area contributed by atoms with E-state index in [1.807, 2.05) is 14.0 Å². The third kappa shape index (κ3) is 4.55. The molecule has 132 valence electrons. The van der Waals surface area contributed by atoms with Gasteiger partial charge in [0.15, 0.2) is 6.29 Å². The van der Waals surface area contributed by atoms with Gasteiger partial charge in [-0.25, -0.2) is 9.78 Å². The van der Waals surface area contributed by atoms with Crippen LogP contribution in [0.3, 0.4) is 0 Å². The number of carboxylic acids is 1. The molecule has 2 aromatic rings. The number of aromatic nitrogens is 1. The number of carbonyl (C=O) groups excluding carboxylic acids is 1. The minimum Gasteiger partial charge on any atom is -0.490 e. The van der Waals surface area contributed by atoms with Gasteiger partial charge in [-0.05, 0) is 49.2 Å². The molecule has 1 heterocycles. The van der Waals surface area contributed by atoms with Crippen LogP contribution in [0.25, 0.3) is 0 Å². The summed E-state index contributed by atoms with van der Waals surface area (Å²) < 4.78 is 5.62. The van der Waals surface area contributed by atoms with Crippen molar-refractivity contribution in [3.05, 3.63) is 57.4 Å². The van der Waals surface area contributed by atoms with E-state index in [4.69, 9.17) is 21.4 Å². The first-order valence-electron chi connectivity index (χ1n) is 7.70. The molecule has 0 aliphatic carbocycles. The standard InChI is InChI=1S/C18H19ClN2O4/c1-11-13(7-12-3-4-15(18(23)24)21-9-12)8-14(10-22)17(16(11)19)25-6-5-20-2/h3-4,8-10,20H,5-7H2,1-2H3,(H,23,24). The van der Waals surface area contributed by atoms with E-state index in [1.165, 1.54) is 12.3 Å². The predicted molar refractivity (Wildman–Crippen MR) is 95.0 cm³/mol. The van der Waals surface area contributed by atoms with E-state index in [0.29, 0.717) is 35.9 Å². The number of benzene rings is 1. The quantitative estimate of drug-likeness (QED) is 0.554. The van der Waals surface area contributed by atoms with Crippen molar-refractivity contribution in [3.63, 3.8) is 0 Å². The van der Waals surface area contributed by atoms with Gasteiger partial charge in [-0.1, -0.05) is 17.7 Å². The Hall–Kier alpha value is -2.44. The Balaban J connectivity index is 2.30. The number of hydrogen-bond acceptors (Lipinski definition) is 5. The fourth-order valence-electron chi connectivity index (χ4n) is 2.35. The molecule has 1 aromatic carbocycles. The summed E-state index contributed by atoms with van der Waals surface area (Å²) in [6, 6.07) is 4.89. The molecule has 0 atom stereocenters. The summed E-state index contributed by atoms with van der Waals surface area (Å²) in [6.07, 6.45) is 2.71. The number of rotatable bonds is 8. The van der Waals surface area contributed by atoms with Gasteiger partial charge in [-0.2, -0.15) is 0 Å². The van der Waals surface area contributed by atoms with Crippen molar-refractivity contribution < 1.29 is 19.4 Å². The normalized spacial score (nSPS) is 10.5. The van der Waals surface area contributed by atoms with Crippen molar-refractivity contribution in [2.24, 2.45) is 0 Å². The molecule has 2 N–H and O–H groups in total. The van der Waals surface area contributed by atoms with Crippen LogP contribution >= 0.6 is 11.6 Å². The number of carbonyl (C=O) groups is 2. The number of nitrogens with zero attached hydrogens (tertiary/aromatic N) is 1. The van der Waals surface area contributed by atoms with Crippen LogP contribution in [0.1, 0.15) is 37.5 Å². The van der Waals surface area contributed by atoms with Crippen LogP contribution in [0.2, 0.25) is 5.02 Å². The van der Waals surface area contributed by atoms with E-state index >= 15 is 0 Å². The largest absolute Gasteiger partial charge is 0.490 e. The molecule has 0 aliphatic rings. The highest BCUT2D eigenvalue weighted by molar-refractivity contribution is 6.33. The molecule has 0 radical (unpaired) electrons. The first-order chi connectivity index (χ1) is 12.0. The number of pyridine rings is 1. The molecule has 6 nitrogen and oxygen atoms in total. The molecule has 0 saturated carbocycles. The van der Waals surface area contributed by atoms with Gasteiger partial charge in [0.2, 0.25) is 0 Å². The topological polar surface area (TPSA) is 88.5 Å². The highest BCUT2D eigenvalue weighted by Crippen LogP contribution is 2.34. The van der Waals surface area contributed by atoms with Gasteiger partial charge in [0.25, 0.3) is 0 Å². The van der Waals surface area contributed by atoms with Crippen LogP contribution < -0.4 is 10.1 Å². The molecule has 0 aliphatic heterocycles. The number of aromatic carboxylic acids is 1. The Kier molecular flexibility index (Phi) is 6.50. The average Bonchev–Trinajstić information content (AvgIpc) is 2.61. The summed E-state index contributed by atoms with van der Waals surface area (Å²) >= 11 is 6.40. The zero-order chi connectivity index (χ0) is 18.4. The third-order valence-electron chi connectivity index (χ3n) is 3.77. The minimum absolute atomic E-state index is 0.0135. The average molecular weight is 363 g/mol. The maximum absolute atomic E-state index is 11.4. The summed E-state index contributed by atoms with van der Waals surface area (Å²) in [5.41, 5.74) is 2.87. The number of nitrogens with one attached hydrogen (secondary N) is 1. The monoisotopic (exact) mass is 362 g/mol. The minimum atomic E-state index is -1.07. The molecule has 0 unspecified atom stereocenters. The molecule has 0 saturated heterocycles. The van der Waals surface area contributed by atoms with Gasteiger partial charge < -0.3 is 15.2 Å². The number of aldehydes is 1. The summed E-state index contributed by atoms with van der Waals surface area (Å²) in [4.78, 5) is 26.2. The summed E-state index contributed by atoms with van der Waals surface area (Å²) in [7, 11) is 1.81. The SMILES string of the molecule is CNCCOc1c(C=O)cc(Cc2ccc(C(=O)O)nc2)c(C)c1Cl. The Morgan fingerprint density at radius 3 is 2.76 bits per heavy atom. The molecule has 1 aromatic heterocycles. The summed E-state index contributed by atoms with van der Waals surface area (Å²) in [6.45, 7) is 2.89. The Bertz CT molecular complexity index is 776. The number of halogens is 1. The number of likely N-dealkylation sites (N-methyl/N-ethyl adjacent to an activating group) is 1. The first kappa shape index (κ1) is 18.9. The fraction of sp³-hybridized carbons (Fsp3) is 0.278. The van der Waals surface area contributed by atoms with E-state index in [9.17, 15) is 9.59 Å². The van der Waals surface area contributed by atoms with E-state index in [0.717, 1.165) is 23.0 Å². The Morgan fingerprint density at radius 1 is 1.44 bits per heavy atom. The van der Waals surface area contributed by atoms with Gasteiger partial charge in [0, 0.05) is 12.7 Å². The van der Waals surface area contributed by atoms with Crippen molar-refractivity contribution in [2.45, 2.75) is 13.3 Å². The van der Waals surface area contributed by atoms with Crippen molar-refractivity contribution in [3.8, 4) is 5.75 Å². The van der Waals surface area contributed by atoms with E-state index in [1.54, 1.807) is 12.1 Å². The molecule has 0 fully saturated rings. The molecule has 2 rings (SSSR count). The molecule has 0 spiro atoms. The molecular weight excluding hydrogens is 344 g/mol. The summed E-state index contributed by atoms with van der Waals surface area (Å²) in [5.74, 6) is -0.690. The molecule has 7 heteroatoms. The molecular formula is C18H19ClN2O4. The van der Waals surface area contributed by atoms with Crippen molar-refractivity contribution in [2.75, 3.05) is 20.2 Å². The second-order valence-electron chi connectivity index (χ2n) is 5.50. The highest BCUT2D eigenvalue weighted by Gasteiger charge is 2.16. The predicted octanol–water partition coefficient (Wildman–Crippen LogP) is 2.74. The lowest BCUT2D eigenvalue weighted by molar-refractivity contribution is 0.0690. The molecule has 0 bridgehead atoms. The number of hydrogen-bond donors (Lipinski definition) is 2. The second kappa shape index (κ2) is 8.60. The van der Waals surface area contributed by atoms with Crippen LogP contribution in [0.15, 0.2) is 24.4 Å². The first-order valence-corrected chi connectivity index (χ1v) is 8.08. The summed E-state index contributed by atoms with van der Waals surface area (Å²) in [5, 5.41) is 12.3. The fourth-order valence-corrected chi connectivity index (χ4v) is 2.63. The Labute approximate surface area is 150 Å². The van der Waals surface area contributed by atoms with E-state index in [-0.39, 0.29) is 5.69 Å². The maximum Gasteiger partial charge on any atom is 0.354 e. The lowest BCUT2D eigenvalue weighted by Crippen LogP contribution is -2.17. The van der Waals surface area contributed by atoms with Gasteiger partial charge in [0.1, 0.15) is 18.1 Å². The van der Waals surface area contributed by atoms with Crippen LogP contribution in [0, 0.1) is 6.92 Å². The zero-order valence-electron chi connectivity index (χ0n) is 14.0. The van der Waals surface area contributed by atoms with Crippen molar-refractivity contribution >= 4 is 23.9 Å². The molecule has 25 heavy (non-hydrogen) atoms. The van der Waals surface area contributed by atoms with Crippen molar-refractivity contribution in [1.82, 2.24) is 10.3 Å². The Morgan fingerprint density at radius 2 is 2.20 bits per heavy atom. The van der Waals surface area contributed by atoms with Crippen LogP contribution in [-0.2, 0) is 6.42 Å². The lowest BCUT2D eigenvalue weighted by Gasteiger charge is -2.15. The molecule has 0 amide bonds. The zero-order valence-corrected chi connectivity index (χ0v) is 14.8. The van der Waals surface area contributed by atoms with E-state index < -0.39 is 5.97 Å². The van der Waals surface area contributed by atoms with Crippen LogP contribution in [0.5, 0.6) is 5.75 Å². The van der Waals surface area contributed by atoms with Crippen molar-refractivity contribution in [1.29, 1.82) is 0 Å². The number of carboxylic acid groups (broad SMARTS) is 1. The third-order valence-corrected chi connectivity index (χ3v) is 4.22. The van der Waals surface area contributed by atoms with Gasteiger partial charge >= 0.3 is 5.97 Å². The van der Waals surface area contributed by atoms with Gasteiger partial charge in [-0.3, -0.25) is 4.79 Å². The highest BCUT2D eigenvalue weighted by atomic mass is 35.5.